The van der Waals surface area contributed by atoms with Crippen molar-refractivity contribution in [1.29, 1.82) is 0 Å². The van der Waals surface area contributed by atoms with Crippen molar-refractivity contribution in [2.75, 3.05) is 0 Å². The van der Waals surface area contributed by atoms with Gasteiger partial charge in [-0.15, -0.1) is 0 Å². The van der Waals surface area contributed by atoms with Crippen LogP contribution >= 0.6 is 0 Å². The van der Waals surface area contributed by atoms with Crippen molar-refractivity contribution in [3.63, 3.8) is 0 Å². The Kier molecular flexibility index (Phi) is 6.30. The highest BCUT2D eigenvalue weighted by molar-refractivity contribution is 4.94. The fourth-order valence-electron chi connectivity index (χ4n) is 1.08. The summed E-state index contributed by atoms with van der Waals surface area (Å²) in [5.41, 5.74) is 1.54. The summed E-state index contributed by atoms with van der Waals surface area (Å²) in [5.74, 6) is 0.916. The van der Waals surface area contributed by atoms with Crippen LogP contribution in [-0.4, -0.2) is 0 Å². The molecule has 0 saturated carbocycles. The van der Waals surface area contributed by atoms with Gasteiger partial charge in [0, 0.05) is 0 Å². The largest absolute Gasteiger partial charge is 0.0887 e. The molecular formula is C11H22. The summed E-state index contributed by atoms with van der Waals surface area (Å²) in [6.45, 7) is 8.95. The zero-order chi connectivity index (χ0) is 8.69. The molecule has 0 aromatic carbocycles. The summed E-state index contributed by atoms with van der Waals surface area (Å²) >= 11 is 0. The maximum atomic E-state index is 2.34. The van der Waals surface area contributed by atoms with Crippen molar-refractivity contribution in [3.8, 4) is 0 Å². The molecule has 0 nitrogen and oxygen atoms in total. The first kappa shape index (κ1) is 10.7. The third-order valence-electron chi connectivity index (χ3n) is 2.46. The Balaban J connectivity index is 3.27. The number of allylic oxidation sites excluding steroid dienone is 2. The van der Waals surface area contributed by atoms with Crippen LogP contribution in [0.5, 0.6) is 0 Å². The number of hydrogen-bond acceptors (Lipinski definition) is 0. The lowest BCUT2D eigenvalue weighted by atomic mass is 10.00. The molecule has 0 amide bonds. The van der Waals surface area contributed by atoms with Crippen LogP contribution in [0.3, 0.4) is 0 Å². The molecule has 0 N–H and O–H groups in total. The summed E-state index contributed by atoms with van der Waals surface area (Å²) in [6.07, 6.45) is 7.60. The Morgan fingerprint density at radius 3 is 2.55 bits per heavy atom. The molecule has 0 aliphatic heterocycles. The topological polar surface area (TPSA) is 0 Å². The number of hydrogen-bond donors (Lipinski definition) is 0. The van der Waals surface area contributed by atoms with E-state index in [9.17, 15) is 0 Å². The average molecular weight is 154 g/mol. The quantitative estimate of drug-likeness (QED) is 0.521. The molecule has 0 heterocycles. The summed E-state index contributed by atoms with van der Waals surface area (Å²) in [4.78, 5) is 0. The van der Waals surface area contributed by atoms with Crippen LogP contribution < -0.4 is 0 Å². The van der Waals surface area contributed by atoms with E-state index in [1.165, 1.54) is 31.3 Å². The van der Waals surface area contributed by atoms with Crippen LogP contribution in [0.15, 0.2) is 11.6 Å². The minimum Gasteiger partial charge on any atom is -0.0887 e. The standard InChI is InChI=1S/C11H22/c1-5-10(3)8-7-9-11(4)6-2/h5,11H,6-9H2,1-4H3/b10-5+. The van der Waals surface area contributed by atoms with E-state index in [0.29, 0.717) is 0 Å². The maximum absolute atomic E-state index is 2.34. The Labute approximate surface area is 71.7 Å². The van der Waals surface area contributed by atoms with Crippen molar-refractivity contribution in [3.05, 3.63) is 11.6 Å². The van der Waals surface area contributed by atoms with E-state index in [2.05, 4.69) is 33.8 Å². The van der Waals surface area contributed by atoms with Crippen molar-refractivity contribution in [2.45, 2.75) is 53.4 Å². The van der Waals surface area contributed by atoms with Crippen molar-refractivity contribution >= 4 is 0 Å². The predicted molar refractivity (Wildman–Crippen MR) is 52.7 cm³/mol. The highest BCUT2D eigenvalue weighted by Crippen LogP contribution is 2.13. The minimum absolute atomic E-state index is 0.916. The van der Waals surface area contributed by atoms with E-state index >= 15 is 0 Å². The molecule has 0 aromatic heterocycles. The van der Waals surface area contributed by atoms with Crippen LogP contribution in [0.4, 0.5) is 0 Å². The van der Waals surface area contributed by atoms with Crippen LogP contribution in [0.25, 0.3) is 0 Å². The van der Waals surface area contributed by atoms with E-state index in [1.807, 2.05) is 0 Å². The van der Waals surface area contributed by atoms with E-state index in [1.54, 1.807) is 0 Å². The first-order valence-electron chi connectivity index (χ1n) is 4.82. The van der Waals surface area contributed by atoms with Crippen LogP contribution in [-0.2, 0) is 0 Å². The Hall–Kier alpha value is -0.260. The van der Waals surface area contributed by atoms with E-state index in [0.717, 1.165) is 5.92 Å². The smallest absolute Gasteiger partial charge is 0.0323 e. The molecule has 1 atom stereocenters. The van der Waals surface area contributed by atoms with Gasteiger partial charge in [0.05, 0.1) is 0 Å². The van der Waals surface area contributed by atoms with Gasteiger partial charge in [-0.05, 0) is 32.6 Å². The SMILES string of the molecule is C/C=C(\C)CCCC(C)CC. The second-order valence-corrected chi connectivity index (χ2v) is 3.54. The van der Waals surface area contributed by atoms with Crippen molar-refractivity contribution in [1.82, 2.24) is 0 Å². The van der Waals surface area contributed by atoms with E-state index in [-0.39, 0.29) is 0 Å². The zero-order valence-corrected chi connectivity index (χ0v) is 8.48. The molecule has 0 heteroatoms. The van der Waals surface area contributed by atoms with Gasteiger partial charge in [0.2, 0.25) is 0 Å². The van der Waals surface area contributed by atoms with Crippen LogP contribution in [0.1, 0.15) is 53.4 Å². The minimum atomic E-state index is 0.916. The second kappa shape index (κ2) is 6.45. The molecule has 0 saturated heterocycles. The summed E-state index contributed by atoms with van der Waals surface area (Å²) in [6, 6.07) is 0. The van der Waals surface area contributed by atoms with Crippen LogP contribution in [0.2, 0.25) is 0 Å². The second-order valence-electron chi connectivity index (χ2n) is 3.54. The molecule has 1 unspecified atom stereocenters. The first-order chi connectivity index (χ1) is 5.20. The highest BCUT2D eigenvalue weighted by atomic mass is 14.0. The van der Waals surface area contributed by atoms with E-state index < -0.39 is 0 Å². The number of rotatable bonds is 5. The van der Waals surface area contributed by atoms with Gasteiger partial charge >= 0.3 is 0 Å². The fraction of sp³-hybridized carbons (Fsp3) is 0.818. The third-order valence-corrected chi connectivity index (χ3v) is 2.46. The lowest BCUT2D eigenvalue weighted by molar-refractivity contribution is 0.495. The molecule has 0 aromatic rings. The third kappa shape index (κ3) is 6.15. The normalized spacial score (nSPS) is 15.1. The van der Waals surface area contributed by atoms with Crippen LogP contribution in [0, 0.1) is 5.92 Å². The molecule has 0 rings (SSSR count). The lowest BCUT2D eigenvalue weighted by Gasteiger charge is -2.07. The molecule has 66 valence electrons. The van der Waals surface area contributed by atoms with Crippen molar-refractivity contribution in [2.24, 2.45) is 5.92 Å². The first-order valence-corrected chi connectivity index (χ1v) is 4.82. The molecule has 0 radical (unpaired) electrons. The average Bonchev–Trinajstić information content (AvgIpc) is 2.04. The van der Waals surface area contributed by atoms with Gasteiger partial charge in [-0.2, -0.15) is 0 Å². The Morgan fingerprint density at radius 1 is 1.45 bits per heavy atom. The maximum Gasteiger partial charge on any atom is -0.0323 e. The summed E-state index contributed by atoms with van der Waals surface area (Å²) in [7, 11) is 0. The van der Waals surface area contributed by atoms with Gasteiger partial charge in [0.25, 0.3) is 0 Å². The Morgan fingerprint density at radius 2 is 2.09 bits per heavy atom. The van der Waals surface area contributed by atoms with Gasteiger partial charge in [-0.25, -0.2) is 0 Å². The van der Waals surface area contributed by atoms with E-state index in [4.69, 9.17) is 0 Å². The lowest BCUT2D eigenvalue weighted by Crippen LogP contribution is -1.91. The van der Waals surface area contributed by atoms with Gasteiger partial charge in [0.1, 0.15) is 0 Å². The highest BCUT2D eigenvalue weighted by Gasteiger charge is 1.97. The van der Waals surface area contributed by atoms with Gasteiger partial charge in [-0.1, -0.05) is 38.3 Å². The Bertz CT molecular complexity index is 111. The molecule has 0 fully saturated rings. The molecular weight excluding hydrogens is 132 g/mol. The summed E-state index contributed by atoms with van der Waals surface area (Å²) < 4.78 is 0. The zero-order valence-electron chi connectivity index (χ0n) is 8.48. The fourth-order valence-corrected chi connectivity index (χ4v) is 1.08. The molecule has 0 spiro atoms. The monoisotopic (exact) mass is 154 g/mol. The molecule has 11 heavy (non-hydrogen) atoms. The molecule has 0 aliphatic carbocycles. The molecule has 0 bridgehead atoms. The van der Waals surface area contributed by atoms with Crippen molar-refractivity contribution < 1.29 is 0 Å². The summed E-state index contributed by atoms with van der Waals surface area (Å²) in [5, 5.41) is 0. The molecule has 0 aliphatic rings. The van der Waals surface area contributed by atoms with Gasteiger partial charge < -0.3 is 0 Å². The van der Waals surface area contributed by atoms with Gasteiger partial charge in [-0.3, -0.25) is 0 Å². The van der Waals surface area contributed by atoms with Gasteiger partial charge in [0.15, 0.2) is 0 Å². The predicted octanol–water partition coefficient (Wildman–Crippen LogP) is 4.17.